The molecule has 0 aliphatic carbocycles. The first-order valence-electron chi connectivity index (χ1n) is 7.38. The molecule has 2 aromatic rings. The van der Waals surface area contributed by atoms with E-state index in [9.17, 15) is 9.18 Å². The van der Waals surface area contributed by atoms with Crippen LogP contribution in [0.1, 0.15) is 5.56 Å². The highest BCUT2D eigenvalue weighted by molar-refractivity contribution is 6.32. The number of urea groups is 1. The van der Waals surface area contributed by atoms with Gasteiger partial charge in [-0.25, -0.2) is 9.18 Å². The van der Waals surface area contributed by atoms with E-state index >= 15 is 0 Å². The van der Waals surface area contributed by atoms with Crippen LogP contribution in [0.4, 0.5) is 9.18 Å². The molecule has 0 unspecified atom stereocenters. The molecule has 0 atom stereocenters. The van der Waals surface area contributed by atoms with E-state index in [1.54, 1.807) is 6.07 Å². The lowest BCUT2D eigenvalue weighted by molar-refractivity contribution is 0.236. The van der Waals surface area contributed by atoms with Crippen LogP contribution in [0.2, 0.25) is 10.0 Å². The van der Waals surface area contributed by atoms with Gasteiger partial charge in [0.25, 0.3) is 0 Å². The third-order valence-corrected chi connectivity index (χ3v) is 3.66. The van der Waals surface area contributed by atoms with Crippen LogP contribution in [0.5, 0.6) is 5.75 Å². The van der Waals surface area contributed by atoms with Crippen LogP contribution >= 0.6 is 23.2 Å². The molecule has 0 aliphatic rings. The fourth-order valence-corrected chi connectivity index (χ4v) is 2.43. The molecule has 128 valence electrons. The number of hydrogen-bond donors (Lipinski definition) is 2. The van der Waals surface area contributed by atoms with Gasteiger partial charge in [0.2, 0.25) is 0 Å². The second kappa shape index (κ2) is 9.35. The maximum Gasteiger partial charge on any atom is 0.314 e. The number of ether oxygens (including phenoxy) is 1. The molecule has 0 saturated carbocycles. The lowest BCUT2D eigenvalue weighted by atomic mass is 10.1. The Labute approximate surface area is 149 Å². The summed E-state index contributed by atoms with van der Waals surface area (Å²) in [5.41, 5.74) is 1.05. The summed E-state index contributed by atoms with van der Waals surface area (Å²) in [6.45, 7) is 1.03. The molecule has 0 saturated heterocycles. The molecule has 0 fully saturated rings. The predicted octanol–water partition coefficient (Wildman–Crippen LogP) is 4.05. The van der Waals surface area contributed by atoms with Crippen molar-refractivity contribution in [2.45, 2.75) is 6.42 Å². The number of nitrogens with one attached hydrogen (secondary N) is 2. The van der Waals surface area contributed by atoms with Crippen molar-refractivity contribution in [2.24, 2.45) is 0 Å². The van der Waals surface area contributed by atoms with Crippen molar-refractivity contribution >= 4 is 29.2 Å². The number of carbonyl (C=O) groups is 1. The van der Waals surface area contributed by atoms with Gasteiger partial charge in [-0.3, -0.25) is 0 Å². The van der Waals surface area contributed by atoms with Gasteiger partial charge in [0.1, 0.15) is 18.2 Å². The largest absolute Gasteiger partial charge is 0.490 e. The van der Waals surface area contributed by atoms with Gasteiger partial charge in [0.05, 0.1) is 11.6 Å². The third-order valence-electron chi connectivity index (χ3n) is 3.13. The summed E-state index contributed by atoms with van der Waals surface area (Å²) < 4.78 is 18.3. The molecule has 0 radical (unpaired) electrons. The Morgan fingerprint density at radius 2 is 1.88 bits per heavy atom. The Bertz CT molecular complexity index is 698. The average molecular weight is 371 g/mol. The van der Waals surface area contributed by atoms with Gasteiger partial charge < -0.3 is 15.4 Å². The Balaban J connectivity index is 1.61. The van der Waals surface area contributed by atoms with Crippen LogP contribution in [0, 0.1) is 5.82 Å². The fourth-order valence-electron chi connectivity index (χ4n) is 1.99. The molecular formula is C17H17Cl2FN2O2. The number of rotatable bonds is 7. The van der Waals surface area contributed by atoms with E-state index in [1.165, 1.54) is 18.2 Å². The van der Waals surface area contributed by atoms with Crippen molar-refractivity contribution in [2.75, 3.05) is 19.7 Å². The van der Waals surface area contributed by atoms with Gasteiger partial charge in [-0.2, -0.15) is 0 Å². The van der Waals surface area contributed by atoms with Crippen molar-refractivity contribution in [3.05, 3.63) is 63.9 Å². The zero-order valence-corrected chi connectivity index (χ0v) is 14.3. The monoisotopic (exact) mass is 370 g/mol. The predicted molar refractivity (Wildman–Crippen MR) is 93.5 cm³/mol. The van der Waals surface area contributed by atoms with Gasteiger partial charge >= 0.3 is 6.03 Å². The molecular weight excluding hydrogens is 354 g/mol. The zero-order valence-electron chi connectivity index (χ0n) is 12.8. The lowest BCUT2D eigenvalue weighted by Gasteiger charge is -2.10. The Kier molecular flexibility index (Phi) is 7.15. The highest BCUT2D eigenvalue weighted by Crippen LogP contribution is 2.24. The smallest absolute Gasteiger partial charge is 0.314 e. The van der Waals surface area contributed by atoms with Crippen LogP contribution in [0.3, 0.4) is 0 Å². The molecule has 2 amide bonds. The quantitative estimate of drug-likeness (QED) is 0.722. The molecule has 0 heterocycles. The van der Waals surface area contributed by atoms with E-state index in [2.05, 4.69) is 10.6 Å². The highest BCUT2D eigenvalue weighted by Gasteiger charge is 2.04. The third kappa shape index (κ3) is 6.26. The molecule has 7 heteroatoms. The van der Waals surface area contributed by atoms with Gasteiger partial charge in [-0.15, -0.1) is 0 Å². The van der Waals surface area contributed by atoms with Crippen LogP contribution in [0.25, 0.3) is 0 Å². The number of benzene rings is 2. The summed E-state index contributed by atoms with van der Waals surface area (Å²) >= 11 is 11.7. The number of carbonyl (C=O) groups excluding carboxylic acids is 1. The van der Waals surface area contributed by atoms with Crippen LogP contribution < -0.4 is 15.4 Å². The van der Waals surface area contributed by atoms with E-state index in [4.69, 9.17) is 27.9 Å². The summed E-state index contributed by atoms with van der Waals surface area (Å²) in [6.07, 6.45) is 0.690. The molecule has 0 aliphatic heterocycles. The van der Waals surface area contributed by atoms with E-state index in [1.807, 2.05) is 18.2 Å². The second-order valence-electron chi connectivity index (χ2n) is 4.99. The highest BCUT2D eigenvalue weighted by atomic mass is 35.5. The molecule has 2 aromatic carbocycles. The van der Waals surface area contributed by atoms with Crippen molar-refractivity contribution < 1.29 is 13.9 Å². The molecule has 2 rings (SSSR count). The Morgan fingerprint density at radius 3 is 2.62 bits per heavy atom. The minimum atomic E-state index is -0.426. The van der Waals surface area contributed by atoms with Crippen molar-refractivity contribution in [3.8, 4) is 5.75 Å². The summed E-state index contributed by atoms with van der Waals surface area (Å²) in [4.78, 5) is 11.6. The van der Waals surface area contributed by atoms with Crippen molar-refractivity contribution in [1.29, 1.82) is 0 Å². The first-order valence-corrected chi connectivity index (χ1v) is 8.14. The molecule has 4 nitrogen and oxygen atoms in total. The van der Waals surface area contributed by atoms with Gasteiger partial charge in [-0.1, -0.05) is 35.3 Å². The molecule has 0 aromatic heterocycles. The Hall–Kier alpha value is -1.98. The van der Waals surface area contributed by atoms with Crippen LogP contribution in [-0.4, -0.2) is 25.7 Å². The summed E-state index contributed by atoms with van der Waals surface area (Å²) in [7, 11) is 0. The maximum absolute atomic E-state index is 12.9. The number of amides is 2. The topological polar surface area (TPSA) is 50.4 Å². The van der Waals surface area contributed by atoms with Gasteiger partial charge in [-0.05, 0) is 42.3 Å². The van der Waals surface area contributed by atoms with Crippen molar-refractivity contribution in [1.82, 2.24) is 10.6 Å². The number of halogens is 3. The molecule has 24 heavy (non-hydrogen) atoms. The maximum atomic E-state index is 12.9. The first kappa shape index (κ1) is 18.4. The molecule has 2 N–H and O–H groups in total. The molecule has 0 bridgehead atoms. The summed E-state index contributed by atoms with van der Waals surface area (Å²) in [6, 6.07) is 11.1. The van der Waals surface area contributed by atoms with Gasteiger partial charge in [0.15, 0.2) is 0 Å². The summed E-state index contributed by atoms with van der Waals surface area (Å²) in [5.74, 6) is -0.0502. The van der Waals surface area contributed by atoms with E-state index < -0.39 is 5.82 Å². The van der Waals surface area contributed by atoms with Crippen molar-refractivity contribution in [3.63, 3.8) is 0 Å². The average Bonchev–Trinajstić information content (AvgIpc) is 2.53. The lowest BCUT2D eigenvalue weighted by Crippen LogP contribution is -2.38. The standard InChI is InChI=1S/C17H17Cl2FN2O2/c18-13-3-1-2-12(10-13)6-7-21-17(23)22-8-9-24-16-5-4-14(20)11-15(16)19/h1-5,10-11H,6-9H2,(H2,21,22,23). The molecule has 0 spiro atoms. The minimum Gasteiger partial charge on any atom is -0.490 e. The SMILES string of the molecule is O=C(NCCOc1ccc(F)cc1Cl)NCCc1cccc(Cl)c1. The van der Waals surface area contributed by atoms with E-state index in [-0.39, 0.29) is 17.7 Å². The number of hydrogen-bond acceptors (Lipinski definition) is 2. The van der Waals surface area contributed by atoms with E-state index in [0.717, 1.165) is 5.56 Å². The Morgan fingerprint density at radius 1 is 1.08 bits per heavy atom. The summed E-state index contributed by atoms with van der Waals surface area (Å²) in [5, 5.41) is 6.28. The second-order valence-corrected chi connectivity index (χ2v) is 5.83. The van der Waals surface area contributed by atoms with E-state index in [0.29, 0.717) is 30.3 Å². The normalized spacial score (nSPS) is 10.3. The first-order chi connectivity index (χ1) is 11.5. The minimum absolute atomic E-state index is 0.195. The van der Waals surface area contributed by atoms with Gasteiger partial charge in [0, 0.05) is 11.6 Å². The zero-order chi connectivity index (χ0) is 17.4. The fraction of sp³-hybridized carbons (Fsp3) is 0.235. The van der Waals surface area contributed by atoms with Crippen LogP contribution in [0.15, 0.2) is 42.5 Å². The van der Waals surface area contributed by atoms with Crippen LogP contribution in [-0.2, 0) is 6.42 Å².